The molecule has 0 saturated carbocycles. The number of ether oxygens (including phenoxy) is 4. The summed E-state index contributed by atoms with van der Waals surface area (Å²) in [5.74, 6) is 3.22. The van der Waals surface area contributed by atoms with Crippen molar-refractivity contribution < 1.29 is 18.9 Å². The molecular formula is C31H37N3O4S. The molecule has 1 aromatic heterocycles. The van der Waals surface area contributed by atoms with Crippen LogP contribution < -0.4 is 19.5 Å². The largest absolute Gasteiger partial charge is 0.497 e. The maximum atomic E-state index is 6.68. The molecule has 3 aliphatic heterocycles. The number of methoxy groups -OCH3 is 2. The van der Waals surface area contributed by atoms with Crippen molar-refractivity contribution >= 4 is 34.0 Å². The lowest BCUT2D eigenvalue weighted by molar-refractivity contribution is -0.0386. The van der Waals surface area contributed by atoms with Crippen LogP contribution >= 0.6 is 12.2 Å². The minimum Gasteiger partial charge on any atom is -0.497 e. The first-order valence-electron chi connectivity index (χ1n) is 13.5. The average molecular weight is 548 g/mol. The van der Waals surface area contributed by atoms with Gasteiger partial charge < -0.3 is 24.3 Å². The Balaban J connectivity index is 1.50. The van der Waals surface area contributed by atoms with Crippen LogP contribution in [0.1, 0.15) is 38.4 Å². The molecule has 0 spiro atoms. The summed E-state index contributed by atoms with van der Waals surface area (Å²) >= 11 is 5.79. The molecule has 6 rings (SSSR count). The lowest BCUT2D eigenvalue weighted by Crippen LogP contribution is -2.55. The fourth-order valence-corrected chi connectivity index (χ4v) is 6.15. The lowest BCUT2D eigenvalue weighted by Gasteiger charge is -2.51. The maximum Gasteiger partial charge on any atom is 0.261 e. The van der Waals surface area contributed by atoms with E-state index in [-0.39, 0.29) is 23.4 Å². The third-order valence-corrected chi connectivity index (χ3v) is 8.01. The molecule has 0 aliphatic carbocycles. The summed E-state index contributed by atoms with van der Waals surface area (Å²) in [6, 6.07) is 13.8. The second-order valence-corrected chi connectivity index (χ2v) is 10.9. The average Bonchev–Trinajstić information content (AvgIpc) is 2.95. The Morgan fingerprint density at radius 3 is 2.64 bits per heavy atom. The van der Waals surface area contributed by atoms with Crippen molar-refractivity contribution in [1.29, 1.82) is 0 Å². The zero-order valence-corrected chi connectivity index (χ0v) is 23.9. The first-order valence-corrected chi connectivity index (χ1v) is 13.9. The van der Waals surface area contributed by atoms with Crippen LogP contribution in [0.2, 0.25) is 0 Å². The van der Waals surface area contributed by atoms with Gasteiger partial charge in [-0.25, -0.2) is 0 Å². The van der Waals surface area contributed by atoms with Crippen LogP contribution in [-0.2, 0) is 4.74 Å². The van der Waals surface area contributed by atoms with Gasteiger partial charge in [0.2, 0.25) is 0 Å². The van der Waals surface area contributed by atoms with E-state index in [1.807, 2.05) is 50.4 Å². The monoisotopic (exact) mass is 547 g/mol. The van der Waals surface area contributed by atoms with Crippen LogP contribution in [0.25, 0.3) is 10.9 Å². The molecule has 206 valence electrons. The number of benzene rings is 2. The summed E-state index contributed by atoms with van der Waals surface area (Å²) in [6.07, 6.45) is 5.92. The van der Waals surface area contributed by atoms with E-state index in [0.717, 1.165) is 41.7 Å². The van der Waals surface area contributed by atoms with Gasteiger partial charge >= 0.3 is 0 Å². The first-order chi connectivity index (χ1) is 18.9. The van der Waals surface area contributed by atoms with Gasteiger partial charge in [-0.15, -0.1) is 6.58 Å². The molecule has 3 aromatic rings. The molecule has 7 nitrogen and oxygen atoms in total. The first kappa shape index (κ1) is 27.2. The smallest absolute Gasteiger partial charge is 0.261 e. The Bertz CT molecular complexity index is 1350. The number of pyridine rings is 1. The predicted octanol–water partition coefficient (Wildman–Crippen LogP) is 6.39. The minimum atomic E-state index is -0.303. The molecule has 4 heterocycles. The maximum absolute atomic E-state index is 6.68. The Morgan fingerprint density at radius 2 is 1.95 bits per heavy atom. The number of rotatable bonds is 9. The number of fused-ring (bicyclic) bond motifs is 4. The van der Waals surface area contributed by atoms with Crippen LogP contribution in [0.3, 0.4) is 0 Å². The molecule has 3 saturated heterocycles. The van der Waals surface area contributed by atoms with Gasteiger partial charge in [0.15, 0.2) is 0 Å². The van der Waals surface area contributed by atoms with Crippen molar-refractivity contribution in [2.24, 2.45) is 11.8 Å². The number of piperidine rings is 3. The topological polar surface area (TPSA) is 65.1 Å². The molecule has 5 atom stereocenters. The van der Waals surface area contributed by atoms with Crippen molar-refractivity contribution in [3.8, 4) is 17.2 Å². The summed E-state index contributed by atoms with van der Waals surface area (Å²) in [7, 11) is 3.25. The van der Waals surface area contributed by atoms with Gasteiger partial charge in [-0.05, 0) is 93.7 Å². The van der Waals surface area contributed by atoms with Crippen LogP contribution in [0, 0.1) is 11.8 Å². The number of hydrogen-bond donors (Lipinski definition) is 1. The molecule has 0 amide bonds. The van der Waals surface area contributed by atoms with Crippen molar-refractivity contribution in [2.45, 2.75) is 44.9 Å². The Labute approximate surface area is 236 Å². The van der Waals surface area contributed by atoms with E-state index in [1.165, 1.54) is 6.42 Å². The van der Waals surface area contributed by atoms with Crippen LogP contribution in [0.5, 0.6) is 17.2 Å². The summed E-state index contributed by atoms with van der Waals surface area (Å²) in [4.78, 5) is 7.17. The predicted molar refractivity (Wildman–Crippen MR) is 159 cm³/mol. The standard InChI is InChI=1S/C31H37N3O4S/c1-6-20-18-34-14-12-21(20)15-28(34)30(38-31(39)33-27-10-7-22(35-4)17-29(27)36-5)24-11-13-32-26-9-8-23(16-25(24)26)37-19(2)3/h6-11,13,16-17,19-21,28,30H,1,12,14-15,18H2,2-5H3,(H,33,39). The molecule has 2 aromatic carbocycles. The van der Waals surface area contributed by atoms with Crippen LogP contribution in [0.4, 0.5) is 5.69 Å². The van der Waals surface area contributed by atoms with E-state index >= 15 is 0 Å². The second kappa shape index (κ2) is 11.8. The third kappa shape index (κ3) is 5.82. The molecule has 2 bridgehead atoms. The molecule has 5 unspecified atom stereocenters. The number of thiocarbonyl (C=S) groups is 1. The number of nitrogens with zero attached hydrogens (tertiary/aromatic N) is 2. The van der Waals surface area contributed by atoms with E-state index in [9.17, 15) is 0 Å². The normalized spacial score (nSPS) is 22.8. The van der Waals surface area contributed by atoms with E-state index in [1.54, 1.807) is 14.2 Å². The van der Waals surface area contributed by atoms with Gasteiger partial charge in [-0.3, -0.25) is 9.88 Å². The summed E-state index contributed by atoms with van der Waals surface area (Å²) in [5, 5.41) is 4.55. The zero-order valence-electron chi connectivity index (χ0n) is 23.1. The third-order valence-electron chi connectivity index (χ3n) is 7.81. The van der Waals surface area contributed by atoms with Crippen molar-refractivity contribution in [3.63, 3.8) is 0 Å². The number of hydrogen-bond acceptors (Lipinski definition) is 7. The second-order valence-electron chi connectivity index (χ2n) is 10.5. The van der Waals surface area contributed by atoms with Crippen molar-refractivity contribution in [1.82, 2.24) is 9.88 Å². The summed E-state index contributed by atoms with van der Waals surface area (Å²) < 4.78 is 23.6. The quantitative estimate of drug-likeness (QED) is 0.244. The molecule has 39 heavy (non-hydrogen) atoms. The SMILES string of the molecule is C=CC1CN2CCC1CC2C(OC(=S)Nc1ccc(OC)cc1OC)c1ccnc2ccc(OC(C)C)cc12. The minimum absolute atomic E-state index is 0.0712. The van der Waals surface area contributed by atoms with E-state index < -0.39 is 0 Å². The van der Waals surface area contributed by atoms with Crippen molar-refractivity contribution in [2.75, 3.05) is 32.6 Å². The molecular weight excluding hydrogens is 510 g/mol. The van der Waals surface area contributed by atoms with E-state index in [4.69, 9.17) is 31.2 Å². The fraction of sp³-hybridized carbons (Fsp3) is 0.419. The molecule has 0 radical (unpaired) electrons. The number of anilines is 1. The van der Waals surface area contributed by atoms with Gasteiger partial charge in [-0.2, -0.15) is 0 Å². The van der Waals surface area contributed by atoms with Gasteiger partial charge in [0, 0.05) is 29.8 Å². The highest BCUT2D eigenvalue weighted by Gasteiger charge is 2.44. The highest BCUT2D eigenvalue weighted by atomic mass is 32.1. The molecule has 3 aliphatic rings. The highest BCUT2D eigenvalue weighted by molar-refractivity contribution is 7.80. The number of aromatic nitrogens is 1. The van der Waals surface area contributed by atoms with Crippen LogP contribution in [0.15, 0.2) is 61.3 Å². The Morgan fingerprint density at radius 1 is 1.13 bits per heavy atom. The molecule has 1 N–H and O–H groups in total. The highest BCUT2D eigenvalue weighted by Crippen LogP contribution is 2.44. The Hall–Kier alpha value is -3.36. The number of nitrogens with one attached hydrogen (secondary N) is 1. The van der Waals surface area contributed by atoms with Gasteiger partial charge in [0.25, 0.3) is 5.17 Å². The Kier molecular flexibility index (Phi) is 8.23. The van der Waals surface area contributed by atoms with Gasteiger partial charge in [-0.1, -0.05) is 6.08 Å². The summed E-state index contributed by atoms with van der Waals surface area (Å²) in [5.41, 5.74) is 2.66. The summed E-state index contributed by atoms with van der Waals surface area (Å²) in [6.45, 7) is 10.2. The van der Waals surface area contributed by atoms with E-state index in [0.29, 0.717) is 29.0 Å². The lowest BCUT2D eigenvalue weighted by atomic mass is 9.73. The van der Waals surface area contributed by atoms with Gasteiger partial charge in [0.1, 0.15) is 23.4 Å². The molecule has 8 heteroatoms. The molecule has 3 fully saturated rings. The van der Waals surface area contributed by atoms with Crippen LogP contribution in [-0.4, -0.2) is 54.5 Å². The van der Waals surface area contributed by atoms with Gasteiger partial charge in [0.05, 0.1) is 37.6 Å². The van der Waals surface area contributed by atoms with Crippen molar-refractivity contribution in [3.05, 3.63) is 66.9 Å². The fourth-order valence-electron chi connectivity index (χ4n) is 5.94. The van der Waals surface area contributed by atoms with E-state index in [2.05, 4.69) is 40.0 Å². The zero-order chi connectivity index (χ0) is 27.5.